The minimum absolute atomic E-state index is 0.0353. The van der Waals surface area contributed by atoms with Crippen LogP contribution >= 0.6 is 0 Å². The number of carboxylic acids is 1. The van der Waals surface area contributed by atoms with Crippen LogP contribution in [-0.4, -0.2) is 66.9 Å². The molecule has 2 atom stereocenters. The van der Waals surface area contributed by atoms with Crippen LogP contribution < -0.4 is 10.1 Å². The second-order valence-electron chi connectivity index (χ2n) is 10.3. The van der Waals surface area contributed by atoms with Crippen LogP contribution in [0.5, 0.6) is 5.75 Å². The van der Waals surface area contributed by atoms with Gasteiger partial charge in [-0.05, 0) is 42.2 Å². The molecule has 4 rings (SSSR count). The molecule has 42 heavy (non-hydrogen) atoms. The van der Waals surface area contributed by atoms with Gasteiger partial charge in [0.1, 0.15) is 5.75 Å². The molecule has 2 amide bonds. The summed E-state index contributed by atoms with van der Waals surface area (Å²) in [5.41, 5.74) is 2.66. The molecule has 2 N–H and O–H groups in total. The number of amides is 2. The van der Waals surface area contributed by atoms with Gasteiger partial charge in [-0.25, -0.2) is 8.42 Å². The van der Waals surface area contributed by atoms with Gasteiger partial charge < -0.3 is 20.1 Å². The lowest BCUT2D eigenvalue weighted by Gasteiger charge is -2.42. The molecule has 1 fully saturated rings. The quantitative estimate of drug-likeness (QED) is 0.349. The Kier molecular flexibility index (Phi) is 9.97. The summed E-state index contributed by atoms with van der Waals surface area (Å²) >= 11 is 0. The minimum Gasteiger partial charge on any atom is -0.497 e. The molecule has 0 bridgehead atoms. The van der Waals surface area contributed by atoms with Gasteiger partial charge in [0.05, 0.1) is 31.7 Å². The number of methoxy groups -OCH3 is 1. The van der Waals surface area contributed by atoms with Crippen molar-refractivity contribution in [3.05, 3.63) is 101 Å². The molecular formula is C31H35N3O7S. The van der Waals surface area contributed by atoms with E-state index in [9.17, 15) is 27.9 Å². The van der Waals surface area contributed by atoms with E-state index in [2.05, 4.69) is 5.32 Å². The lowest BCUT2D eigenvalue weighted by atomic mass is 10.0. The molecular weight excluding hydrogens is 558 g/mol. The largest absolute Gasteiger partial charge is 0.497 e. The summed E-state index contributed by atoms with van der Waals surface area (Å²) in [4.78, 5) is 40.7. The molecule has 3 aromatic rings. The summed E-state index contributed by atoms with van der Waals surface area (Å²) in [6.45, 7) is 2.05. The van der Waals surface area contributed by atoms with Gasteiger partial charge in [-0.15, -0.1) is 0 Å². The number of hydrogen-bond acceptors (Lipinski definition) is 6. The highest BCUT2D eigenvalue weighted by Gasteiger charge is 2.44. The molecule has 0 saturated carbocycles. The van der Waals surface area contributed by atoms with Gasteiger partial charge >= 0.3 is 5.97 Å². The van der Waals surface area contributed by atoms with E-state index < -0.39 is 46.4 Å². The van der Waals surface area contributed by atoms with Crippen LogP contribution in [0.4, 0.5) is 0 Å². The molecule has 222 valence electrons. The van der Waals surface area contributed by atoms with Gasteiger partial charge in [-0.2, -0.15) is 4.31 Å². The number of carbonyl (C=O) groups excluding carboxylic acids is 2. The third-order valence-electron chi connectivity index (χ3n) is 7.10. The Morgan fingerprint density at radius 1 is 0.976 bits per heavy atom. The number of sulfonamides is 1. The summed E-state index contributed by atoms with van der Waals surface area (Å²) < 4.78 is 33.7. The smallest absolute Gasteiger partial charge is 0.305 e. The summed E-state index contributed by atoms with van der Waals surface area (Å²) in [6.07, 6.45) is -1.63. The normalized spacial score (nSPS) is 16.4. The van der Waals surface area contributed by atoms with Gasteiger partial charge in [0.25, 0.3) is 5.91 Å². The average Bonchev–Trinajstić information content (AvgIpc) is 2.97. The van der Waals surface area contributed by atoms with Crippen molar-refractivity contribution < 1.29 is 32.6 Å². The standard InChI is InChI=1S/C31H35N3O7S/c1-22-8-6-11-25(18-22)27(20-29(36)37)32-30(38)31-33(28(35)19-23-12-14-26(41-2)15-13-23)16-7-17-34(31)42(39,40)21-24-9-4-3-5-10-24/h3-6,8-15,18,27,31H,7,16-17,19-21H2,1-2H3,(H,32,38)(H,36,37). The number of benzene rings is 3. The minimum atomic E-state index is -4.06. The monoisotopic (exact) mass is 593 g/mol. The van der Waals surface area contributed by atoms with Crippen molar-refractivity contribution in [1.82, 2.24) is 14.5 Å². The Balaban J connectivity index is 1.68. The van der Waals surface area contributed by atoms with E-state index in [1.807, 2.05) is 13.0 Å². The number of rotatable bonds is 11. The first kappa shape index (κ1) is 30.7. The van der Waals surface area contributed by atoms with E-state index in [4.69, 9.17) is 4.74 Å². The lowest BCUT2D eigenvalue weighted by molar-refractivity contribution is -0.148. The molecule has 3 aromatic carbocycles. The SMILES string of the molecule is COc1ccc(CC(=O)N2CCCN(S(=O)(=O)Cc3ccccc3)C2C(=O)NC(CC(=O)O)c2cccc(C)c2)cc1. The molecule has 0 aliphatic carbocycles. The molecule has 10 nitrogen and oxygen atoms in total. The van der Waals surface area contributed by atoms with Gasteiger partial charge in [0, 0.05) is 13.1 Å². The van der Waals surface area contributed by atoms with E-state index in [0.717, 1.165) is 9.87 Å². The Bertz CT molecular complexity index is 1510. The third-order valence-corrected chi connectivity index (χ3v) is 8.90. The number of hydrogen-bond donors (Lipinski definition) is 2. The molecule has 0 radical (unpaired) electrons. The summed E-state index contributed by atoms with van der Waals surface area (Å²) in [5.74, 6) is -2.05. The maximum atomic E-state index is 14.0. The van der Waals surface area contributed by atoms with Gasteiger partial charge in [-0.3, -0.25) is 14.4 Å². The average molecular weight is 594 g/mol. The zero-order valence-electron chi connectivity index (χ0n) is 23.6. The lowest BCUT2D eigenvalue weighted by Crippen LogP contribution is -2.64. The van der Waals surface area contributed by atoms with Crippen molar-refractivity contribution in [3.8, 4) is 5.75 Å². The molecule has 0 spiro atoms. The summed E-state index contributed by atoms with van der Waals surface area (Å²) in [6, 6.07) is 21.7. The predicted molar refractivity (Wildman–Crippen MR) is 157 cm³/mol. The van der Waals surface area contributed by atoms with Crippen LogP contribution in [-0.2, 0) is 36.6 Å². The Labute approximate surface area is 246 Å². The van der Waals surface area contributed by atoms with Crippen LogP contribution in [0, 0.1) is 6.92 Å². The van der Waals surface area contributed by atoms with E-state index in [1.54, 1.807) is 72.8 Å². The van der Waals surface area contributed by atoms with Crippen LogP contribution in [0.3, 0.4) is 0 Å². The van der Waals surface area contributed by atoms with Gasteiger partial charge in [0.2, 0.25) is 15.9 Å². The molecule has 11 heteroatoms. The Morgan fingerprint density at radius 2 is 1.69 bits per heavy atom. The molecule has 2 unspecified atom stereocenters. The van der Waals surface area contributed by atoms with E-state index in [1.165, 1.54) is 12.0 Å². The van der Waals surface area contributed by atoms with Crippen molar-refractivity contribution in [2.45, 2.75) is 44.1 Å². The highest BCUT2D eigenvalue weighted by molar-refractivity contribution is 7.88. The Hall–Kier alpha value is -4.22. The van der Waals surface area contributed by atoms with Crippen molar-refractivity contribution in [2.24, 2.45) is 0 Å². The summed E-state index contributed by atoms with van der Waals surface area (Å²) in [7, 11) is -2.53. The van der Waals surface area contributed by atoms with Crippen LogP contribution in [0.25, 0.3) is 0 Å². The second kappa shape index (κ2) is 13.6. The molecule has 1 heterocycles. The number of ether oxygens (including phenoxy) is 1. The number of nitrogens with zero attached hydrogens (tertiary/aromatic N) is 2. The maximum absolute atomic E-state index is 14.0. The van der Waals surface area contributed by atoms with E-state index in [-0.39, 0.29) is 25.3 Å². The Morgan fingerprint density at radius 3 is 2.33 bits per heavy atom. The maximum Gasteiger partial charge on any atom is 0.305 e. The van der Waals surface area contributed by atoms with Gasteiger partial charge in [0.15, 0.2) is 6.17 Å². The fourth-order valence-electron chi connectivity index (χ4n) is 5.07. The molecule has 1 aliphatic rings. The number of aryl methyl sites for hydroxylation is 1. The fourth-order valence-corrected chi connectivity index (χ4v) is 6.77. The zero-order chi connectivity index (χ0) is 30.3. The number of carbonyl (C=O) groups is 3. The molecule has 0 aromatic heterocycles. The van der Waals surface area contributed by atoms with Crippen molar-refractivity contribution in [2.75, 3.05) is 20.2 Å². The molecule has 1 saturated heterocycles. The van der Waals surface area contributed by atoms with Crippen LogP contribution in [0.2, 0.25) is 0 Å². The van der Waals surface area contributed by atoms with Crippen molar-refractivity contribution in [3.63, 3.8) is 0 Å². The highest BCUT2D eigenvalue weighted by atomic mass is 32.2. The number of aliphatic carboxylic acids is 1. The van der Waals surface area contributed by atoms with Crippen molar-refractivity contribution >= 4 is 27.8 Å². The molecule has 1 aliphatic heterocycles. The zero-order valence-corrected chi connectivity index (χ0v) is 24.4. The number of nitrogens with one attached hydrogen (secondary N) is 1. The van der Waals surface area contributed by atoms with E-state index >= 15 is 0 Å². The van der Waals surface area contributed by atoms with Gasteiger partial charge in [-0.1, -0.05) is 72.3 Å². The fraction of sp³-hybridized carbons (Fsp3) is 0.323. The first-order chi connectivity index (χ1) is 20.1. The highest BCUT2D eigenvalue weighted by Crippen LogP contribution is 2.25. The van der Waals surface area contributed by atoms with Crippen LogP contribution in [0.15, 0.2) is 78.9 Å². The number of carboxylic acid groups (broad SMARTS) is 1. The predicted octanol–water partition coefficient (Wildman–Crippen LogP) is 3.27. The third kappa shape index (κ3) is 7.74. The van der Waals surface area contributed by atoms with Crippen LogP contribution in [0.1, 0.15) is 41.1 Å². The first-order valence-corrected chi connectivity index (χ1v) is 15.2. The second-order valence-corrected chi connectivity index (χ2v) is 12.2. The first-order valence-electron chi connectivity index (χ1n) is 13.6. The van der Waals surface area contributed by atoms with E-state index in [0.29, 0.717) is 28.9 Å². The topological polar surface area (TPSA) is 133 Å². The van der Waals surface area contributed by atoms with Crippen molar-refractivity contribution in [1.29, 1.82) is 0 Å². The summed E-state index contributed by atoms with van der Waals surface area (Å²) in [5, 5.41) is 12.3.